The first-order valence-electron chi connectivity index (χ1n) is 7.65. The van der Waals surface area contributed by atoms with E-state index in [4.69, 9.17) is 0 Å². The lowest BCUT2D eigenvalue weighted by Crippen LogP contribution is -2.53. The third kappa shape index (κ3) is 2.58. The SMILES string of the molecule is CN(C(=O)C1CC1c1ccccc1C(F)(F)F)C1(C#N)CCC1. The highest BCUT2D eigenvalue weighted by Gasteiger charge is 2.52. The summed E-state index contributed by atoms with van der Waals surface area (Å²) in [5.41, 5.74) is -1.23. The lowest BCUT2D eigenvalue weighted by Gasteiger charge is -2.43. The fraction of sp³-hybridized carbons (Fsp3) is 0.529. The fourth-order valence-corrected chi connectivity index (χ4v) is 3.38. The number of hydrogen-bond donors (Lipinski definition) is 0. The predicted octanol–water partition coefficient (Wildman–Crippen LogP) is 3.71. The van der Waals surface area contributed by atoms with Gasteiger partial charge in [-0.2, -0.15) is 18.4 Å². The molecule has 1 aromatic carbocycles. The van der Waals surface area contributed by atoms with Gasteiger partial charge >= 0.3 is 6.18 Å². The number of halogens is 3. The molecule has 0 heterocycles. The Kier molecular flexibility index (Phi) is 3.62. The van der Waals surface area contributed by atoms with Gasteiger partial charge in [0.05, 0.1) is 11.6 Å². The zero-order chi connectivity index (χ0) is 16.8. The third-order valence-corrected chi connectivity index (χ3v) is 5.13. The van der Waals surface area contributed by atoms with Gasteiger partial charge < -0.3 is 4.90 Å². The predicted molar refractivity (Wildman–Crippen MR) is 77.3 cm³/mol. The molecule has 2 unspecified atom stereocenters. The number of hydrogen-bond acceptors (Lipinski definition) is 2. The maximum Gasteiger partial charge on any atom is 0.416 e. The summed E-state index contributed by atoms with van der Waals surface area (Å²) in [4.78, 5) is 14.0. The third-order valence-electron chi connectivity index (χ3n) is 5.13. The van der Waals surface area contributed by atoms with Crippen molar-refractivity contribution in [2.75, 3.05) is 7.05 Å². The van der Waals surface area contributed by atoms with Crippen molar-refractivity contribution in [3.05, 3.63) is 35.4 Å². The second kappa shape index (κ2) is 5.26. The van der Waals surface area contributed by atoms with Gasteiger partial charge in [-0.1, -0.05) is 18.2 Å². The number of rotatable bonds is 3. The molecule has 122 valence electrons. The van der Waals surface area contributed by atoms with Gasteiger partial charge in [0.1, 0.15) is 5.54 Å². The molecule has 1 amide bonds. The summed E-state index contributed by atoms with van der Waals surface area (Å²) in [6, 6.07) is 7.62. The molecule has 3 rings (SSSR count). The van der Waals surface area contributed by atoms with Crippen LogP contribution < -0.4 is 0 Å². The Morgan fingerprint density at radius 1 is 1.35 bits per heavy atom. The monoisotopic (exact) mass is 322 g/mol. The Bertz CT molecular complexity index is 673. The molecular formula is C17H17F3N2O. The molecule has 0 aliphatic heterocycles. The highest BCUT2D eigenvalue weighted by molar-refractivity contribution is 5.84. The topological polar surface area (TPSA) is 44.1 Å². The van der Waals surface area contributed by atoms with Crippen molar-refractivity contribution in [1.29, 1.82) is 5.26 Å². The lowest BCUT2D eigenvalue weighted by atomic mass is 9.76. The van der Waals surface area contributed by atoms with Crippen LogP contribution >= 0.6 is 0 Å². The van der Waals surface area contributed by atoms with Crippen LogP contribution in [0.15, 0.2) is 24.3 Å². The van der Waals surface area contributed by atoms with Gasteiger partial charge in [-0.25, -0.2) is 0 Å². The van der Waals surface area contributed by atoms with Crippen LogP contribution in [0, 0.1) is 17.2 Å². The van der Waals surface area contributed by atoms with E-state index in [1.54, 1.807) is 13.1 Å². The summed E-state index contributed by atoms with van der Waals surface area (Å²) >= 11 is 0. The van der Waals surface area contributed by atoms with Crippen LogP contribution in [0.5, 0.6) is 0 Å². The molecule has 0 aromatic heterocycles. The summed E-state index contributed by atoms with van der Waals surface area (Å²) < 4.78 is 39.3. The summed E-state index contributed by atoms with van der Waals surface area (Å²) in [7, 11) is 1.59. The molecule has 0 N–H and O–H groups in total. The minimum Gasteiger partial charge on any atom is -0.327 e. The second-order valence-electron chi connectivity index (χ2n) is 6.43. The van der Waals surface area contributed by atoms with Crippen LogP contribution in [0.1, 0.15) is 42.7 Å². The molecule has 2 aliphatic carbocycles. The molecule has 3 nitrogen and oxygen atoms in total. The zero-order valence-corrected chi connectivity index (χ0v) is 12.7. The number of amides is 1. The first-order chi connectivity index (χ1) is 10.8. The Balaban J connectivity index is 1.78. The highest BCUT2D eigenvalue weighted by atomic mass is 19.4. The molecule has 2 saturated carbocycles. The van der Waals surface area contributed by atoms with Crippen LogP contribution in [0.2, 0.25) is 0 Å². The Morgan fingerprint density at radius 2 is 2.00 bits per heavy atom. The standard InChI is InChI=1S/C17H17F3N2O/c1-22(16(10-21)7-4-8-16)15(23)13-9-12(13)11-5-2-3-6-14(11)17(18,19)20/h2-3,5-6,12-13H,4,7-9H2,1H3. The molecule has 2 fully saturated rings. The number of alkyl halides is 3. The molecule has 0 bridgehead atoms. The van der Waals surface area contributed by atoms with Gasteiger partial charge in [0.25, 0.3) is 0 Å². The summed E-state index contributed by atoms with van der Waals surface area (Å²) in [6.07, 6.45) is -1.82. The minimum atomic E-state index is -4.42. The van der Waals surface area contributed by atoms with Crippen molar-refractivity contribution in [3.63, 3.8) is 0 Å². The smallest absolute Gasteiger partial charge is 0.327 e. The van der Waals surface area contributed by atoms with E-state index in [0.717, 1.165) is 12.5 Å². The van der Waals surface area contributed by atoms with Gasteiger partial charge in [-0.3, -0.25) is 4.79 Å². The van der Waals surface area contributed by atoms with Crippen LogP contribution in [-0.2, 0) is 11.0 Å². The van der Waals surface area contributed by atoms with Crippen molar-refractivity contribution in [3.8, 4) is 6.07 Å². The van der Waals surface area contributed by atoms with Crippen molar-refractivity contribution < 1.29 is 18.0 Å². The number of nitriles is 1. The van der Waals surface area contributed by atoms with Crippen molar-refractivity contribution in [2.24, 2.45) is 5.92 Å². The average Bonchev–Trinajstić information content (AvgIpc) is 3.25. The van der Waals surface area contributed by atoms with Crippen LogP contribution in [0.4, 0.5) is 13.2 Å². The van der Waals surface area contributed by atoms with Crippen molar-refractivity contribution >= 4 is 5.91 Å². The van der Waals surface area contributed by atoms with E-state index in [1.807, 2.05) is 0 Å². The number of benzene rings is 1. The number of nitrogens with zero attached hydrogens (tertiary/aromatic N) is 2. The number of carbonyl (C=O) groups is 1. The minimum absolute atomic E-state index is 0.186. The molecule has 2 atom stereocenters. The summed E-state index contributed by atoms with van der Waals surface area (Å²) in [6.45, 7) is 0. The van der Waals surface area contributed by atoms with Gasteiger partial charge in [0.2, 0.25) is 5.91 Å². The average molecular weight is 322 g/mol. The molecule has 0 radical (unpaired) electrons. The zero-order valence-electron chi connectivity index (χ0n) is 12.7. The maximum absolute atomic E-state index is 13.1. The second-order valence-corrected chi connectivity index (χ2v) is 6.43. The first kappa shape index (κ1) is 15.9. The van der Waals surface area contributed by atoms with Gasteiger partial charge in [0, 0.05) is 13.0 Å². The summed E-state index contributed by atoms with van der Waals surface area (Å²) in [5.74, 6) is -1.07. The molecule has 2 aliphatic rings. The quantitative estimate of drug-likeness (QED) is 0.851. The van der Waals surface area contributed by atoms with E-state index >= 15 is 0 Å². The molecule has 0 spiro atoms. The largest absolute Gasteiger partial charge is 0.416 e. The van der Waals surface area contributed by atoms with E-state index in [9.17, 15) is 23.2 Å². The van der Waals surface area contributed by atoms with Crippen LogP contribution in [0.3, 0.4) is 0 Å². The van der Waals surface area contributed by atoms with Gasteiger partial charge in [-0.05, 0) is 43.2 Å². The molecule has 0 saturated heterocycles. The Morgan fingerprint density at radius 3 is 2.52 bits per heavy atom. The Hall–Kier alpha value is -2.03. The van der Waals surface area contributed by atoms with E-state index < -0.39 is 29.1 Å². The van der Waals surface area contributed by atoms with E-state index in [1.165, 1.54) is 17.0 Å². The van der Waals surface area contributed by atoms with Crippen molar-refractivity contribution in [1.82, 2.24) is 4.90 Å². The fourth-order valence-electron chi connectivity index (χ4n) is 3.38. The normalized spacial score (nSPS) is 25.2. The number of carbonyl (C=O) groups excluding carboxylic acids is 1. The van der Waals surface area contributed by atoms with E-state index in [-0.39, 0.29) is 11.5 Å². The van der Waals surface area contributed by atoms with Crippen molar-refractivity contribution in [2.45, 2.75) is 43.3 Å². The molecule has 1 aromatic rings. The van der Waals surface area contributed by atoms with Gasteiger partial charge in [0.15, 0.2) is 0 Å². The Labute approximate surface area is 132 Å². The molecular weight excluding hydrogens is 305 g/mol. The highest BCUT2D eigenvalue weighted by Crippen LogP contribution is 2.52. The maximum atomic E-state index is 13.1. The first-order valence-corrected chi connectivity index (χ1v) is 7.65. The van der Waals surface area contributed by atoms with E-state index in [2.05, 4.69) is 6.07 Å². The summed E-state index contributed by atoms with van der Waals surface area (Å²) in [5, 5.41) is 9.30. The lowest BCUT2D eigenvalue weighted by molar-refractivity contribution is -0.140. The molecule has 6 heteroatoms. The molecule has 23 heavy (non-hydrogen) atoms. The van der Waals surface area contributed by atoms with Crippen LogP contribution in [-0.4, -0.2) is 23.4 Å². The van der Waals surface area contributed by atoms with Gasteiger partial charge in [-0.15, -0.1) is 0 Å². The van der Waals surface area contributed by atoms with Crippen LogP contribution in [0.25, 0.3) is 0 Å². The van der Waals surface area contributed by atoms with E-state index in [0.29, 0.717) is 19.3 Å².